The van der Waals surface area contributed by atoms with Gasteiger partial charge >= 0.3 is 0 Å². The van der Waals surface area contributed by atoms with Gasteiger partial charge in [0.05, 0.1) is 0 Å². The first-order valence-corrected chi connectivity index (χ1v) is 6.12. The molecule has 1 atom stereocenters. The highest BCUT2D eigenvalue weighted by Crippen LogP contribution is 2.30. The fourth-order valence-electron chi connectivity index (χ4n) is 2.27. The average Bonchev–Trinajstić information content (AvgIpc) is 2.19. The molecule has 0 saturated heterocycles. The quantitative estimate of drug-likeness (QED) is 0.725. The van der Waals surface area contributed by atoms with Gasteiger partial charge in [-0.05, 0) is 18.3 Å². The molecule has 0 radical (unpaired) electrons. The van der Waals surface area contributed by atoms with Crippen LogP contribution in [0.25, 0.3) is 0 Å². The standard InChI is InChI=1S/C13H26N2/c1-5-12(10-14)15-8-6-11(7-9-15)13(2,3)4/h6,12H,5,7-10,14H2,1-4H3. The van der Waals surface area contributed by atoms with Crippen LogP contribution in [0.2, 0.25) is 0 Å². The molecular weight excluding hydrogens is 184 g/mol. The molecule has 0 aromatic rings. The lowest BCUT2D eigenvalue weighted by molar-refractivity contribution is 0.203. The van der Waals surface area contributed by atoms with Gasteiger partial charge in [0.15, 0.2) is 0 Å². The summed E-state index contributed by atoms with van der Waals surface area (Å²) in [6.45, 7) is 12.2. The molecular formula is C13H26N2. The second-order valence-electron chi connectivity index (χ2n) is 5.52. The lowest BCUT2D eigenvalue weighted by atomic mass is 9.82. The summed E-state index contributed by atoms with van der Waals surface area (Å²) in [5.74, 6) is 0. The van der Waals surface area contributed by atoms with Crippen LogP contribution in [0.15, 0.2) is 11.6 Å². The predicted molar refractivity (Wildman–Crippen MR) is 66.9 cm³/mol. The molecule has 1 rings (SSSR count). The minimum Gasteiger partial charge on any atom is -0.329 e. The van der Waals surface area contributed by atoms with Crippen LogP contribution in [0.4, 0.5) is 0 Å². The van der Waals surface area contributed by atoms with Crippen molar-refractivity contribution >= 4 is 0 Å². The molecule has 0 bridgehead atoms. The Morgan fingerprint density at radius 3 is 2.47 bits per heavy atom. The second kappa shape index (κ2) is 5.13. The van der Waals surface area contributed by atoms with Gasteiger partial charge in [-0.3, -0.25) is 4.90 Å². The van der Waals surface area contributed by atoms with Gasteiger partial charge in [-0.1, -0.05) is 39.3 Å². The summed E-state index contributed by atoms with van der Waals surface area (Å²) in [6, 6.07) is 0.572. The Balaban J connectivity index is 2.57. The molecule has 1 unspecified atom stereocenters. The minimum atomic E-state index is 0.344. The molecule has 1 aliphatic rings. The van der Waals surface area contributed by atoms with Crippen LogP contribution in [-0.2, 0) is 0 Å². The molecule has 0 aromatic heterocycles. The molecule has 2 nitrogen and oxygen atoms in total. The fourth-order valence-corrected chi connectivity index (χ4v) is 2.27. The van der Waals surface area contributed by atoms with Gasteiger partial charge in [-0.25, -0.2) is 0 Å². The van der Waals surface area contributed by atoms with E-state index in [2.05, 4.69) is 38.7 Å². The molecule has 88 valence electrons. The van der Waals surface area contributed by atoms with E-state index in [0.29, 0.717) is 11.5 Å². The Bertz CT molecular complexity index is 221. The average molecular weight is 210 g/mol. The molecule has 0 fully saturated rings. The van der Waals surface area contributed by atoms with Crippen LogP contribution in [-0.4, -0.2) is 30.6 Å². The highest BCUT2D eigenvalue weighted by molar-refractivity contribution is 5.14. The first-order valence-electron chi connectivity index (χ1n) is 6.12. The lowest BCUT2D eigenvalue weighted by Gasteiger charge is -2.36. The lowest BCUT2D eigenvalue weighted by Crippen LogP contribution is -2.43. The first kappa shape index (κ1) is 12.7. The zero-order chi connectivity index (χ0) is 11.5. The van der Waals surface area contributed by atoms with Crippen molar-refractivity contribution < 1.29 is 0 Å². The first-order chi connectivity index (χ1) is 6.99. The van der Waals surface area contributed by atoms with Crippen LogP contribution < -0.4 is 5.73 Å². The maximum Gasteiger partial charge on any atom is 0.0219 e. The van der Waals surface area contributed by atoms with Crippen molar-refractivity contribution in [1.82, 2.24) is 4.90 Å². The van der Waals surface area contributed by atoms with Crippen LogP contribution in [0.5, 0.6) is 0 Å². The monoisotopic (exact) mass is 210 g/mol. The Hall–Kier alpha value is -0.340. The molecule has 2 heteroatoms. The molecule has 1 aliphatic heterocycles. The van der Waals surface area contributed by atoms with Crippen molar-refractivity contribution in [2.75, 3.05) is 19.6 Å². The van der Waals surface area contributed by atoms with E-state index < -0.39 is 0 Å². The number of nitrogens with two attached hydrogens (primary N) is 1. The predicted octanol–water partition coefficient (Wildman–Crippen LogP) is 2.40. The van der Waals surface area contributed by atoms with Gasteiger partial charge in [-0.2, -0.15) is 0 Å². The zero-order valence-corrected chi connectivity index (χ0v) is 10.7. The van der Waals surface area contributed by atoms with Crippen LogP contribution in [0.3, 0.4) is 0 Å². The van der Waals surface area contributed by atoms with Gasteiger partial charge in [0.1, 0.15) is 0 Å². The summed E-state index contributed by atoms with van der Waals surface area (Å²) < 4.78 is 0. The molecule has 2 N–H and O–H groups in total. The zero-order valence-electron chi connectivity index (χ0n) is 10.7. The number of hydrogen-bond acceptors (Lipinski definition) is 2. The van der Waals surface area contributed by atoms with Crippen molar-refractivity contribution in [2.24, 2.45) is 11.1 Å². The van der Waals surface area contributed by atoms with E-state index in [1.165, 1.54) is 13.0 Å². The highest BCUT2D eigenvalue weighted by atomic mass is 15.2. The second-order valence-corrected chi connectivity index (χ2v) is 5.52. The Kier molecular flexibility index (Phi) is 4.35. The summed E-state index contributed by atoms with van der Waals surface area (Å²) in [4.78, 5) is 2.51. The third-order valence-corrected chi connectivity index (χ3v) is 3.46. The van der Waals surface area contributed by atoms with Crippen molar-refractivity contribution in [2.45, 2.75) is 46.6 Å². The molecule has 0 spiro atoms. The van der Waals surface area contributed by atoms with E-state index in [0.717, 1.165) is 19.5 Å². The normalized spacial score (nSPS) is 21.3. The Labute approximate surface area is 94.5 Å². The van der Waals surface area contributed by atoms with E-state index in [1.54, 1.807) is 5.57 Å². The molecule has 1 heterocycles. The Morgan fingerprint density at radius 2 is 2.13 bits per heavy atom. The van der Waals surface area contributed by atoms with Gasteiger partial charge in [-0.15, -0.1) is 0 Å². The number of hydrogen-bond donors (Lipinski definition) is 1. The van der Waals surface area contributed by atoms with Gasteiger partial charge in [0, 0.05) is 25.7 Å². The topological polar surface area (TPSA) is 29.3 Å². The van der Waals surface area contributed by atoms with Crippen LogP contribution in [0, 0.1) is 5.41 Å². The summed E-state index contributed by atoms with van der Waals surface area (Å²) in [5, 5.41) is 0. The third kappa shape index (κ3) is 3.32. The fraction of sp³-hybridized carbons (Fsp3) is 0.846. The van der Waals surface area contributed by atoms with Gasteiger partial charge in [0.25, 0.3) is 0 Å². The van der Waals surface area contributed by atoms with Crippen LogP contribution >= 0.6 is 0 Å². The van der Waals surface area contributed by atoms with E-state index in [-0.39, 0.29) is 0 Å². The van der Waals surface area contributed by atoms with Crippen LogP contribution in [0.1, 0.15) is 40.5 Å². The Morgan fingerprint density at radius 1 is 1.47 bits per heavy atom. The molecule has 0 amide bonds. The van der Waals surface area contributed by atoms with E-state index >= 15 is 0 Å². The summed E-state index contributed by atoms with van der Waals surface area (Å²) in [7, 11) is 0. The highest BCUT2D eigenvalue weighted by Gasteiger charge is 2.23. The van der Waals surface area contributed by atoms with Gasteiger partial charge < -0.3 is 5.73 Å². The van der Waals surface area contributed by atoms with Crippen molar-refractivity contribution in [3.8, 4) is 0 Å². The summed E-state index contributed by atoms with van der Waals surface area (Å²) in [5.41, 5.74) is 7.72. The SMILES string of the molecule is CCC(CN)N1CC=C(C(C)(C)C)CC1. The van der Waals surface area contributed by atoms with Gasteiger partial charge in [0.2, 0.25) is 0 Å². The summed E-state index contributed by atoms with van der Waals surface area (Å²) in [6.07, 6.45) is 4.77. The molecule has 0 aromatic carbocycles. The van der Waals surface area contributed by atoms with E-state index in [4.69, 9.17) is 5.73 Å². The van der Waals surface area contributed by atoms with E-state index in [9.17, 15) is 0 Å². The largest absolute Gasteiger partial charge is 0.329 e. The maximum absolute atomic E-state index is 5.77. The maximum atomic E-state index is 5.77. The third-order valence-electron chi connectivity index (χ3n) is 3.46. The molecule has 0 aliphatic carbocycles. The van der Waals surface area contributed by atoms with Crippen molar-refractivity contribution in [1.29, 1.82) is 0 Å². The van der Waals surface area contributed by atoms with Crippen molar-refractivity contribution in [3.05, 3.63) is 11.6 Å². The molecule has 0 saturated carbocycles. The minimum absolute atomic E-state index is 0.344. The smallest absolute Gasteiger partial charge is 0.0219 e. The summed E-state index contributed by atoms with van der Waals surface area (Å²) >= 11 is 0. The number of nitrogens with zero attached hydrogens (tertiary/aromatic N) is 1. The van der Waals surface area contributed by atoms with Crippen molar-refractivity contribution in [3.63, 3.8) is 0 Å². The van der Waals surface area contributed by atoms with E-state index in [1.807, 2.05) is 0 Å². The molecule has 15 heavy (non-hydrogen) atoms. The number of rotatable bonds is 3.